The van der Waals surface area contributed by atoms with Gasteiger partial charge in [0.25, 0.3) is 5.56 Å². The zero-order valence-electron chi connectivity index (χ0n) is 18.2. The van der Waals surface area contributed by atoms with Crippen LogP contribution in [0.15, 0.2) is 15.7 Å². The van der Waals surface area contributed by atoms with Crippen molar-refractivity contribution >= 4 is 16.6 Å². The van der Waals surface area contributed by atoms with Crippen LogP contribution in [0.25, 0.3) is 10.9 Å². The molecular weight excluding hydrogens is 401 g/mol. The smallest absolute Gasteiger partial charge is 0.329 e. The molecule has 9 heteroatoms. The number of nitrogens with one attached hydrogen (secondary N) is 1. The van der Waals surface area contributed by atoms with Crippen LogP contribution >= 0.6 is 0 Å². The van der Waals surface area contributed by atoms with Crippen LogP contribution in [0.2, 0.25) is 0 Å². The van der Waals surface area contributed by atoms with Crippen molar-refractivity contribution in [3.8, 4) is 11.8 Å². The van der Waals surface area contributed by atoms with Crippen molar-refractivity contribution in [3.63, 3.8) is 0 Å². The van der Waals surface area contributed by atoms with Crippen LogP contribution in [0.5, 0.6) is 5.75 Å². The third-order valence-electron chi connectivity index (χ3n) is 6.35. The van der Waals surface area contributed by atoms with Crippen molar-refractivity contribution in [2.75, 3.05) is 45.2 Å². The Balaban J connectivity index is 1.76. The van der Waals surface area contributed by atoms with Crippen molar-refractivity contribution in [2.45, 2.75) is 38.6 Å². The van der Waals surface area contributed by atoms with E-state index in [0.29, 0.717) is 37.3 Å². The van der Waals surface area contributed by atoms with E-state index < -0.39 is 17.1 Å². The van der Waals surface area contributed by atoms with Gasteiger partial charge in [0, 0.05) is 38.6 Å². The minimum atomic E-state index is -0.606. The normalized spacial score (nSPS) is 21.1. The Morgan fingerprint density at radius 3 is 2.81 bits per heavy atom. The van der Waals surface area contributed by atoms with Crippen molar-refractivity contribution in [1.82, 2.24) is 14.5 Å². The number of halogens is 1. The predicted octanol–water partition coefficient (Wildman–Crippen LogP) is 2.23. The molecule has 31 heavy (non-hydrogen) atoms. The fraction of sp³-hybridized carbons (Fsp3) is 0.591. The average Bonchev–Trinajstić information content (AvgIpc) is 3.48. The quantitative estimate of drug-likeness (QED) is 0.725. The van der Waals surface area contributed by atoms with Gasteiger partial charge in [-0.25, -0.2) is 9.18 Å². The molecule has 1 saturated heterocycles. The number of rotatable bonds is 7. The molecule has 0 bridgehead atoms. The summed E-state index contributed by atoms with van der Waals surface area (Å²) in [6.07, 6.45) is 3.01. The highest BCUT2D eigenvalue weighted by atomic mass is 19.1. The number of nitriles is 1. The molecule has 1 atom stereocenters. The first-order valence-corrected chi connectivity index (χ1v) is 10.6. The maximum Gasteiger partial charge on any atom is 0.329 e. The van der Waals surface area contributed by atoms with Gasteiger partial charge in [-0.1, -0.05) is 6.92 Å². The maximum absolute atomic E-state index is 15.3. The summed E-state index contributed by atoms with van der Waals surface area (Å²) >= 11 is 0. The van der Waals surface area contributed by atoms with E-state index in [1.807, 2.05) is 11.9 Å². The van der Waals surface area contributed by atoms with E-state index in [-0.39, 0.29) is 22.6 Å². The monoisotopic (exact) mass is 429 g/mol. The molecule has 1 aliphatic heterocycles. The molecule has 4 rings (SSSR count). The summed E-state index contributed by atoms with van der Waals surface area (Å²) in [5.41, 5.74) is -0.499. The lowest BCUT2D eigenvalue weighted by Gasteiger charge is -2.31. The molecule has 2 aromatic rings. The third kappa shape index (κ3) is 3.92. The van der Waals surface area contributed by atoms with Crippen LogP contribution in [0, 0.1) is 22.6 Å². The molecule has 2 heterocycles. The van der Waals surface area contributed by atoms with Crippen molar-refractivity contribution < 1.29 is 9.13 Å². The number of benzene rings is 1. The molecule has 0 spiro atoms. The van der Waals surface area contributed by atoms with E-state index >= 15 is 4.39 Å². The fourth-order valence-corrected chi connectivity index (χ4v) is 4.83. The molecule has 1 aromatic heterocycles. The highest BCUT2D eigenvalue weighted by Crippen LogP contribution is 2.44. The van der Waals surface area contributed by atoms with Gasteiger partial charge in [-0.05, 0) is 37.8 Å². The number of fused-ring (bicyclic) bond motifs is 1. The third-order valence-corrected chi connectivity index (χ3v) is 6.35. The van der Waals surface area contributed by atoms with Gasteiger partial charge in [-0.15, -0.1) is 0 Å². The Hall–Kier alpha value is -2.86. The van der Waals surface area contributed by atoms with Gasteiger partial charge in [-0.3, -0.25) is 14.3 Å². The van der Waals surface area contributed by atoms with Gasteiger partial charge >= 0.3 is 5.69 Å². The number of H-pyrrole nitrogens is 1. The summed E-state index contributed by atoms with van der Waals surface area (Å²) in [5.74, 6) is -0.287. The molecule has 166 valence electrons. The Bertz CT molecular complexity index is 1160. The van der Waals surface area contributed by atoms with Crippen LogP contribution in [-0.2, 0) is 0 Å². The van der Waals surface area contributed by atoms with E-state index in [1.54, 1.807) is 4.57 Å². The van der Waals surface area contributed by atoms with E-state index in [2.05, 4.69) is 22.9 Å². The van der Waals surface area contributed by atoms with Crippen LogP contribution in [-0.4, -0.2) is 54.8 Å². The lowest BCUT2D eigenvalue weighted by atomic mass is 9.89. The summed E-state index contributed by atoms with van der Waals surface area (Å²) in [6.45, 7) is 4.88. The first kappa shape index (κ1) is 21.4. The summed E-state index contributed by atoms with van der Waals surface area (Å²) in [7, 11) is 3.44. The van der Waals surface area contributed by atoms with Crippen molar-refractivity contribution in [3.05, 3.63) is 32.7 Å². The first-order valence-electron chi connectivity index (χ1n) is 10.6. The van der Waals surface area contributed by atoms with Gasteiger partial charge < -0.3 is 14.5 Å². The molecule has 1 aliphatic carbocycles. The van der Waals surface area contributed by atoms with Crippen LogP contribution in [0.1, 0.15) is 38.6 Å². The number of methoxy groups -OCH3 is 1. The number of hydrogen-bond donors (Lipinski definition) is 1. The zero-order chi connectivity index (χ0) is 22.3. The Morgan fingerprint density at radius 2 is 2.16 bits per heavy atom. The van der Waals surface area contributed by atoms with Crippen molar-refractivity contribution in [1.29, 1.82) is 5.26 Å². The maximum atomic E-state index is 15.3. The first-order chi connectivity index (χ1) is 14.8. The molecule has 2 aliphatic rings. The standard InChI is InChI=1S/C22H28FN5O3/c1-22(12-26(2)9-4-8-24)7-10-27(13-22)18-16(23)11-15-17(19(18)31-3)28(14-5-6-14)21(30)25-20(15)29/h11,14H,4-7,9-10,12-13H2,1-3H3,(H,25,29,30). The van der Waals surface area contributed by atoms with Gasteiger partial charge in [0.15, 0.2) is 11.6 Å². The number of ether oxygens (including phenoxy) is 1. The number of aromatic amines is 1. The largest absolute Gasteiger partial charge is 0.492 e. The SMILES string of the molecule is COc1c(N2CCC(C)(CN(C)CCC#N)C2)c(F)cc2c(=O)[nH]c(=O)n(C3CC3)c12. The van der Waals surface area contributed by atoms with Crippen LogP contribution in [0.3, 0.4) is 0 Å². The highest BCUT2D eigenvalue weighted by Gasteiger charge is 2.38. The second-order valence-corrected chi connectivity index (χ2v) is 9.12. The molecule has 0 amide bonds. The van der Waals surface area contributed by atoms with Gasteiger partial charge in [0.2, 0.25) is 0 Å². The van der Waals surface area contributed by atoms with Crippen LogP contribution in [0.4, 0.5) is 10.1 Å². The fourth-order valence-electron chi connectivity index (χ4n) is 4.83. The molecule has 1 aromatic carbocycles. The van der Waals surface area contributed by atoms with Crippen LogP contribution < -0.4 is 20.9 Å². The molecule has 0 radical (unpaired) electrons. The lowest BCUT2D eigenvalue weighted by Crippen LogP contribution is -2.36. The minimum absolute atomic E-state index is 0.00307. The Labute approximate surface area is 179 Å². The summed E-state index contributed by atoms with van der Waals surface area (Å²) < 4.78 is 22.5. The predicted molar refractivity (Wildman–Crippen MR) is 116 cm³/mol. The lowest BCUT2D eigenvalue weighted by molar-refractivity contribution is 0.214. The molecular formula is C22H28FN5O3. The number of hydrogen-bond acceptors (Lipinski definition) is 6. The zero-order valence-corrected chi connectivity index (χ0v) is 18.2. The summed E-state index contributed by atoms with van der Waals surface area (Å²) in [6, 6.07) is 3.38. The summed E-state index contributed by atoms with van der Waals surface area (Å²) in [5, 5.41) is 8.95. The van der Waals surface area contributed by atoms with E-state index in [1.165, 1.54) is 13.2 Å². The average molecular weight is 429 g/mol. The second kappa shape index (κ2) is 8.00. The molecule has 1 saturated carbocycles. The Morgan fingerprint density at radius 1 is 1.42 bits per heavy atom. The number of anilines is 1. The summed E-state index contributed by atoms with van der Waals surface area (Å²) in [4.78, 5) is 31.4. The molecule has 1 N–H and O–H groups in total. The topological polar surface area (TPSA) is 94.4 Å². The highest BCUT2D eigenvalue weighted by molar-refractivity contribution is 5.91. The number of nitrogens with zero attached hydrogens (tertiary/aromatic N) is 4. The van der Waals surface area contributed by atoms with Gasteiger partial charge in [0.1, 0.15) is 11.2 Å². The van der Waals surface area contributed by atoms with E-state index in [4.69, 9.17) is 10.00 Å². The molecule has 8 nitrogen and oxygen atoms in total. The second-order valence-electron chi connectivity index (χ2n) is 9.12. The molecule has 1 unspecified atom stereocenters. The van der Waals surface area contributed by atoms with E-state index in [9.17, 15) is 9.59 Å². The van der Waals surface area contributed by atoms with Gasteiger partial charge in [-0.2, -0.15) is 5.26 Å². The molecule has 2 fully saturated rings. The van der Waals surface area contributed by atoms with E-state index in [0.717, 1.165) is 25.8 Å². The number of aromatic nitrogens is 2. The van der Waals surface area contributed by atoms with Crippen molar-refractivity contribution in [2.24, 2.45) is 5.41 Å². The Kier molecular flexibility index (Phi) is 5.52. The van der Waals surface area contributed by atoms with Gasteiger partial charge in [0.05, 0.1) is 18.6 Å². The minimum Gasteiger partial charge on any atom is -0.492 e.